The molecule has 0 unspecified atom stereocenters. The third-order valence-electron chi connectivity index (χ3n) is 4.47. The molecule has 5 nitrogen and oxygen atoms in total. The van der Waals surface area contributed by atoms with Crippen LogP contribution >= 0.6 is 0 Å². The highest BCUT2D eigenvalue weighted by atomic mass is 32.2. The Kier molecular flexibility index (Phi) is 9.69. The molecule has 27 heavy (non-hydrogen) atoms. The van der Waals surface area contributed by atoms with Gasteiger partial charge in [0.2, 0.25) is 15.9 Å². The summed E-state index contributed by atoms with van der Waals surface area (Å²) < 4.78 is 51.8. The van der Waals surface area contributed by atoms with Gasteiger partial charge in [0.05, 0.1) is 11.9 Å². The van der Waals surface area contributed by atoms with Crippen molar-refractivity contribution in [3.63, 3.8) is 0 Å². The Labute approximate surface area is 161 Å². The summed E-state index contributed by atoms with van der Waals surface area (Å²) in [5.74, 6) is -1.45. The fourth-order valence-corrected chi connectivity index (χ4v) is 3.79. The largest absolute Gasteiger partial charge is 0.356 e. The number of benzene rings is 1. The van der Waals surface area contributed by atoms with E-state index in [1.807, 2.05) is 0 Å². The van der Waals surface area contributed by atoms with Crippen LogP contribution < -0.4 is 9.62 Å². The average molecular weight is 405 g/mol. The van der Waals surface area contributed by atoms with Crippen molar-refractivity contribution in [2.24, 2.45) is 5.92 Å². The van der Waals surface area contributed by atoms with Gasteiger partial charge in [0.25, 0.3) is 0 Å². The number of hydrogen-bond acceptors (Lipinski definition) is 3. The lowest BCUT2D eigenvalue weighted by Crippen LogP contribution is -2.33. The van der Waals surface area contributed by atoms with E-state index in [-0.39, 0.29) is 31.0 Å². The Bertz CT molecular complexity index is 711. The predicted octanol–water partition coefficient (Wildman–Crippen LogP) is 3.84. The molecule has 1 aromatic carbocycles. The van der Waals surface area contributed by atoms with Crippen molar-refractivity contribution in [2.45, 2.75) is 52.4 Å². The summed E-state index contributed by atoms with van der Waals surface area (Å²) in [7, 11) is -3.75. The standard InChI is InChI=1S/C19H30F2N2O3S/c1-4-6-8-15(5-2)14-22-19(24)9-7-12-23(27(3,25)26)18-11-10-16(20)13-17(18)21/h10-11,13,15H,4-9,12,14H2,1-3H3,(H,22,24)/t15-/m1/s1. The van der Waals surface area contributed by atoms with E-state index in [1.54, 1.807) is 0 Å². The molecule has 0 aromatic heterocycles. The fraction of sp³-hybridized carbons (Fsp3) is 0.632. The number of nitrogens with one attached hydrogen (secondary N) is 1. The van der Waals surface area contributed by atoms with E-state index in [0.29, 0.717) is 18.5 Å². The molecule has 0 saturated heterocycles. The smallest absolute Gasteiger partial charge is 0.232 e. The third-order valence-corrected chi connectivity index (χ3v) is 5.65. The number of anilines is 1. The molecule has 0 aliphatic heterocycles. The van der Waals surface area contributed by atoms with Gasteiger partial charge in [-0.3, -0.25) is 9.10 Å². The third kappa shape index (κ3) is 8.24. The number of carbonyl (C=O) groups is 1. The number of nitrogens with zero attached hydrogens (tertiary/aromatic N) is 1. The fourth-order valence-electron chi connectivity index (χ4n) is 2.82. The minimum absolute atomic E-state index is 0.0537. The highest BCUT2D eigenvalue weighted by Gasteiger charge is 2.21. The second-order valence-corrected chi connectivity index (χ2v) is 8.66. The van der Waals surface area contributed by atoms with Crippen molar-refractivity contribution < 1.29 is 22.0 Å². The first-order valence-corrected chi connectivity index (χ1v) is 11.2. The van der Waals surface area contributed by atoms with Crippen LogP contribution in [0.15, 0.2) is 18.2 Å². The van der Waals surface area contributed by atoms with Gasteiger partial charge in [-0.2, -0.15) is 0 Å². The molecule has 1 N–H and O–H groups in total. The lowest BCUT2D eigenvalue weighted by Gasteiger charge is -2.23. The minimum atomic E-state index is -3.75. The molecule has 8 heteroatoms. The molecule has 154 valence electrons. The zero-order valence-corrected chi connectivity index (χ0v) is 17.1. The monoisotopic (exact) mass is 404 g/mol. The van der Waals surface area contributed by atoms with Gasteiger partial charge in [-0.25, -0.2) is 17.2 Å². The zero-order valence-electron chi connectivity index (χ0n) is 16.3. The first-order valence-electron chi connectivity index (χ1n) is 9.38. The Morgan fingerprint density at radius 1 is 1.22 bits per heavy atom. The number of amides is 1. The molecule has 0 aliphatic carbocycles. The maximum atomic E-state index is 13.9. The number of hydrogen-bond donors (Lipinski definition) is 1. The van der Waals surface area contributed by atoms with Gasteiger partial charge in [0, 0.05) is 25.6 Å². The van der Waals surface area contributed by atoms with Gasteiger partial charge in [-0.15, -0.1) is 0 Å². The van der Waals surface area contributed by atoms with E-state index in [0.717, 1.165) is 48.4 Å². The molecule has 0 fully saturated rings. The van der Waals surface area contributed by atoms with Crippen molar-refractivity contribution in [1.82, 2.24) is 5.32 Å². The van der Waals surface area contributed by atoms with Crippen molar-refractivity contribution >= 4 is 21.6 Å². The summed E-state index contributed by atoms with van der Waals surface area (Å²) in [4.78, 5) is 12.0. The van der Waals surface area contributed by atoms with Gasteiger partial charge < -0.3 is 5.32 Å². The Morgan fingerprint density at radius 2 is 1.93 bits per heavy atom. The molecule has 1 amide bonds. The Balaban J connectivity index is 2.58. The average Bonchev–Trinajstić information content (AvgIpc) is 2.59. The molecule has 1 atom stereocenters. The summed E-state index contributed by atoms with van der Waals surface area (Å²) in [5, 5.41) is 2.88. The molecule has 0 heterocycles. The lowest BCUT2D eigenvalue weighted by molar-refractivity contribution is -0.121. The number of unbranched alkanes of at least 4 members (excludes halogenated alkanes) is 1. The summed E-state index contributed by atoms with van der Waals surface area (Å²) in [6.07, 6.45) is 5.63. The molecule has 1 rings (SSSR count). The second-order valence-electron chi connectivity index (χ2n) is 6.75. The topological polar surface area (TPSA) is 66.5 Å². The first-order chi connectivity index (χ1) is 12.7. The molecule has 1 aromatic rings. The molecular formula is C19H30F2N2O3S. The van der Waals surface area contributed by atoms with Gasteiger partial charge in [-0.05, 0) is 30.9 Å². The van der Waals surface area contributed by atoms with Crippen LogP contribution in [0.4, 0.5) is 14.5 Å². The van der Waals surface area contributed by atoms with E-state index < -0.39 is 21.7 Å². The van der Waals surface area contributed by atoms with Gasteiger partial charge in [-0.1, -0.05) is 33.1 Å². The molecule has 0 bridgehead atoms. The van der Waals surface area contributed by atoms with E-state index in [9.17, 15) is 22.0 Å². The van der Waals surface area contributed by atoms with Crippen molar-refractivity contribution in [3.05, 3.63) is 29.8 Å². The number of rotatable bonds is 12. The summed E-state index contributed by atoms with van der Waals surface area (Å²) in [6, 6.07) is 2.73. The van der Waals surface area contributed by atoms with Crippen molar-refractivity contribution in [3.8, 4) is 0 Å². The van der Waals surface area contributed by atoms with Gasteiger partial charge >= 0.3 is 0 Å². The highest BCUT2D eigenvalue weighted by molar-refractivity contribution is 7.92. The lowest BCUT2D eigenvalue weighted by atomic mass is 9.99. The van der Waals surface area contributed by atoms with E-state index in [2.05, 4.69) is 19.2 Å². The van der Waals surface area contributed by atoms with Crippen LogP contribution in [0.3, 0.4) is 0 Å². The van der Waals surface area contributed by atoms with Crippen molar-refractivity contribution in [1.29, 1.82) is 0 Å². The number of sulfonamides is 1. The molecule has 0 saturated carbocycles. The van der Waals surface area contributed by atoms with E-state index in [4.69, 9.17) is 0 Å². The highest BCUT2D eigenvalue weighted by Crippen LogP contribution is 2.23. The molecular weight excluding hydrogens is 374 g/mol. The van der Waals surface area contributed by atoms with Crippen LogP contribution in [0.25, 0.3) is 0 Å². The minimum Gasteiger partial charge on any atom is -0.356 e. The summed E-state index contributed by atoms with van der Waals surface area (Å²) in [6.45, 7) is 4.77. The van der Waals surface area contributed by atoms with Crippen molar-refractivity contribution in [2.75, 3.05) is 23.7 Å². The Hall–Kier alpha value is -1.70. The van der Waals surface area contributed by atoms with Crippen LogP contribution in [-0.2, 0) is 14.8 Å². The predicted molar refractivity (Wildman–Crippen MR) is 104 cm³/mol. The number of carbonyl (C=O) groups excluding carboxylic acids is 1. The maximum Gasteiger partial charge on any atom is 0.232 e. The number of halogens is 2. The molecule has 0 spiro atoms. The summed E-state index contributed by atoms with van der Waals surface area (Å²) in [5.41, 5.74) is -0.218. The first kappa shape index (κ1) is 23.3. The molecule has 0 radical (unpaired) electrons. The van der Waals surface area contributed by atoms with E-state index in [1.165, 1.54) is 0 Å². The maximum absolute atomic E-state index is 13.9. The zero-order chi connectivity index (χ0) is 20.4. The quantitative estimate of drug-likeness (QED) is 0.576. The van der Waals surface area contributed by atoms with Crippen LogP contribution in [0.5, 0.6) is 0 Å². The van der Waals surface area contributed by atoms with Gasteiger partial charge in [0.15, 0.2) is 0 Å². The van der Waals surface area contributed by atoms with Crippen LogP contribution in [-0.4, -0.2) is 33.7 Å². The normalized spacial score (nSPS) is 12.6. The van der Waals surface area contributed by atoms with Gasteiger partial charge in [0.1, 0.15) is 11.6 Å². The van der Waals surface area contributed by atoms with E-state index >= 15 is 0 Å². The van der Waals surface area contributed by atoms with Crippen LogP contribution in [0.1, 0.15) is 52.4 Å². The molecule has 0 aliphatic rings. The van der Waals surface area contributed by atoms with Crippen LogP contribution in [0.2, 0.25) is 0 Å². The Morgan fingerprint density at radius 3 is 2.48 bits per heavy atom. The second kappa shape index (κ2) is 11.2. The summed E-state index contributed by atoms with van der Waals surface area (Å²) >= 11 is 0. The van der Waals surface area contributed by atoms with Crippen LogP contribution in [0, 0.1) is 17.6 Å². The SMILES string of the molecule is CCCC[C@@H](CC)CNC(=O)CCCN(c1ccc(F)cc1F)S(C)(=O)=O.